The Kier molecular flexibility index (Phi) is 4.20. The van der Waals surface area contributed by atoms with Gasteiger partial charge in [0.25, 0.3) is 5.91 Å². The van der Waals surface area contributed by atoms with E-state index in [9.17, 15) is 14.0 Å². The first-order chi connectivity index (χ1) is 13.0. The minimum atomic E-state index is -0.777. The van der Waals surface area contributed by atoms with Gasteiger partial charge < -0.3 is 5.32 Å². The Morgan fingerprint density at radius 2 is 1.59 bits per heavy atom. The van der Waals surface area contributed by atoms with Crippen molar-refractivity contribution in [2.75, 3.05) is 0 Å². The third-order valence-electron chi connectivity index (χ3n) is 4.70. The van der Waals surface area contributed by atoms with Gasteiger partial charge in [0, 0.05) is 0 Å². The van der Waals surface area contributed by atoms with Crippen LogP contribution in [0.15, 0.2) is 66.7 Å². The van der Waals surface area contributed by atoms with Crippen LogP contribution in [0.1, 0.15) is 33.1 Å². The number of benzene rings is 3. The Bertz CT molecular complexity index is 1060. The molecule has 1 atom stereocenters. The zero-order valence-electron chi connectivity index (χ0n) is 14.6. The molecule has 0 bridgehead atoms. The molecule has 3 amide bonds. The lowest BCUT2D eigenvalue weighted by atomic mass is 10.0. The molecule has 0 heterocycles. The average Bonchev–Trinajstić information content (AvgIpc) is 2.95. The van der Waals surface area contributed by atoms with E-state index in [0.717, 1.165) is 27.8 Å². The maximum Gasteiger partial charge on any atom is 0.322 e. The molecule has 134 valence electrons. The molecule has 27 heavy (non-hydrogen) atoms. The normalized spacial score (nSPS) is 14.2. The zero-order valence-corrected chi connectivity index (χ0v) is 14.6. The van der Waals surface area contributed by atoms with E-state index in [1.54, 1.807) is 6.07 Å². The number of carbonyl (C=O) groups is 2. The van der Waals surface area contributed by atoms with Gasteiger partial charge in [-0.1, -0.05) is 60.2 Å². The lowest BCUT2D eigenvalue weighted by Gasteiger charge is -2.16. The van der Waals surface area contributed by atoms with Gasteiger partial charge in [-0.05, 0) is 41.3 Å². The average molecular weight is 360 g/mol. The van der Waals surface area contributed by atoms with Crippen LogP contribution >= 0.6 is 0 Å². The summed E-state index contributed by atoms with van der Waals surface area (Å²) in [5.41, 5.74) is 5.01. The number of nitrogens with one attached hydrogen (secondary N) is 2. The smallest absolute Gasteiger partial charge is 0.322 e. The summed E-state index contributed by atoms with van der Waals surface area (Å²) >= 11 is 0. The van der Waals surface area contributed by atoms with Gasteiger partial charge in [0.05, 0.1) is 11.6 Å². The first kappa shape index (κ1) is 17.0. The number of carbonyl (C=O) groups excluding carboxylic acids is 2. The first-order valence-electron chi connectivity index (χ1n) is 8.61. The van der Waals surface area contributed by atoms with Crippen molar-refractivity contribution in [2.45, 2.75) is 13.0 Å². The summed E-state index contributed by atoms with van der Waals surface area (Å²) < 4.78 is 13.7. The largest absolute Gasteiger partial charge is 0.327 e. The molecule has 1 aliphatic carbocycles. The summed E-state index contributed by atoms with van der Waals surface area (Å²) in [6.07, 6.45) is 0. The number of halogens is 1. The van der Waals surface area contributed by atoms with Crippen molar-refractivity contribution in [3.05, 3.63) is 94.8 Å². The number of hydrogen-bond acceptors (Lipinski definition) is 2. The molecule has 4 nitrogen and oxygen atoms in total. The fraction of sp³-hybridized carbons (Fsp3) is 0.0909. The Hall–Kier alpha value is -3.47. The molecule has 3 aromatic carbocycles. The lowest BCUT2D eigenvalue weighted by Crippen LogP contribution is -2.41. The fourth-order valence-electron chi connectivity index (χ4n) is 3.46. The number of rotatable bonds is 2. The van der Waals surface area contributed by atoms with E-state index in [4.69, 9.17) is 0 Å². The SMILES string of the molecule is Cc1ccc2c(c1)-c1ccccc1C2NC(=O)NC(=O)c1ccccc1F. The maximum absolute atomic E-state index is 13.7. The van der Waals surface area contributed by atoms with E-state index in [-0.39, 0.29) is 11.6 Å². The van der Waals surface area contributed by atoms with Gasteiger partial charge in [-0.3, -0.25) is 10.1 Å². The van der Waals surface area contributed by atoms with Crippen molar-refractivity contribution in [2.24, 2.45) is 0 Å². The van der Waals surface area contributed by atoms with Gasteiger partial charge in [0.2, 0.25) is 0 Å². The van der Waals surface area contributed by atoms with E-state index < -0.39 is 17.8 Å². The molecule has 0 fully saturated rings. The summed E-state index contributed by atoms with van der Waals surface area (Å²) in [4.78, 5) is 24.6. The molecular formula is C22H17FN2O2. The molecule has 0 saturated carbocycles. The topological polar surface area (TPSA) is 58.2 Å². The highest BCUT2D eigenvalue weighted by Gasteiger charge is 2.30. The van der Waals surface area contributed by atoms with E-state index in [1.165, 1.54) is 18.2 Å². The standard InChI is InChI=1S/C22H17FN2O2/c1-13-10-11-16-18(12-13)14-6-2-3-7-15(14)20(16)24-22(27)25-21(26)17-8-4-5-9-19(17)23/h2-12,20H,1H3,(H2,24,25,26,27). The van der Waals surface area contributed by atoms with Crippen LogP contribution in [-0.2, 0) is 0 Å². The van der Waals surface area contributed by atoms with E-state index in [2.05, 4.69) is 16.7 Å². The minimum Gasteiger partial charge on any atom is -0.327 e. The first-order valence-corrected chi connectivity index (χ1v) is 8.61. The third kappa shape index (κ3) is 3.08. The van der Waals surface area contributed by atoms with Crippen molar-refractivity contribution in [1.29, 1.82) is 0 Å². The van der Waals surface area contributed by atoms with Crippen molar-refractivity contribution in [3.63, 3.8) is 0 Å². The van der Waals surface area contributed by atoms with Crippen LogP contribution in [0.3, 0.4) is 0 Å². The molecule has 2 N–H and O–H groups in total. The molecule has 0 aromatic heterocycles. The third-order valence-corrected chi connectivity index (χ3v) is 4.70. The van der Waals surface area contributed by atoms with Crippen LogP contribution in [-0.4, -0.2) is 11.9 Å². The molecule has 3 aromatic rings. The second-order valence-corrected chi connectivity index (χ2v) is 6.52. The van der Waals surface area contributed by atoms with Gasteiger partial charge in [-0.25, -0.2) is 9.18 Å². The Labute approximate surface area is 156 Å². The van der Waals surface area contributed by atoms with Crippen LogP contribution in [0.4, 0.5) is 9.18 Å². The molecular weight excluding hydrogens is 343 g/mol. The van der Waals surface area contributed by atoms with Gasteiger partial charge in [-0.2, -0.15) is 0 Å². The van der Waals surface area contributed by atoms with Crippen molar-refractivity contribution >= 4 is 11.9 Å². The number of fused-ring (bicyclic) bond motifs is 3. The Balaban J connectivity index is 1.59. The Morgan fingerprint density at radius 3 is 2.41 bits per heavy atom. The van der Waals surface area contributed by atoms with Gasteiger partial charge in [0.15, 0.2) is 0 Å². The lowest BCUT2D eigenvalue weighted by molar-refractivity contribution is 0.0959. The molecule has 1 aliphatic rings. The van der Waals surface area contributed by atoms with E-state index >= 15 is 0 Å². The minimum absolute atomic E-state index is 0.171. The summed E-state index contributed by atoms with van der Waals surface area (Å²) in [5.74, 6) is -1.45. The summed E-state index contributed by atoms with van der Waals surface area (Å²) in [6, 6.07) is 18.4. The van der Waals surface area contributed by atoms with Crippen molar-refractivity contribution in [1.82, 2.24) is 10.6 Å². The predicted octanol–water partition coefficient (Wildman–Crippen LogP) is 4.34. The van der Waals surface area contributed by atoms with Crippen LogP contribution in [0.25, 0.3) is 11.1 Å². The van der Waals surface area contributed by atoms with Crippen molar-refractivity contribution in [3.8, 4) is 11.1 Å². The van der Waals surface area contributed by atoms with Crippen LogP contribution < -0.4 is 10.6 Å². The van der Waals surface area contributed by atoms with Crippen molar-refractivity contribution < 1.29 is 14.0 Å². The zero-order chi connectivity index (χ0) is 19.0. The van der Waals surface area contributed by atoms with Crippen LogP contribution in [0.5, 0.6) is 0 Å². The molecule has 0 spiro atoms. The van der Waals surface area contributed by atoms with Crippen LogP contribution in [0, 0.1) is 12.7 Å². The van der Waals surface area contributed by atoms with Crippen LogP contribution in [0.2, 0.25) is 0 Å². The molecule has 0 radical (unpaired) electrons. The number of hydrogen-bond donors (Lipinski definition) is 2. The van der Waals surface area contributed by atoms with E-state index in [1.807, 2.05) is 43.3 Å². The molecule has 0 saturated heterocycles. The van der Waals surface area contributed by atoms with E-state index in [0.29, 0.717) is 0 Å². The molecule has 4 rings (SSSR count). The number of aryl methyl sites for hydroxylation is 1. The predicted molar refractivity (Wildman–Crippen MR) is 101 cm³/mol. The number of amides is 3. The molecule has 5 heteroatoms. The Morgan fingerprint density at radius 1 is 0.889 bits per heavy atom. The highest BCUT2D eigenvalue weighted by Crippen LogP contribution is 2.43. The van der Waals surface area contributed by atoms with Gasteiger partial charge in [-0.15, -0.1) is 0 Å². The number of imide groups is 1. The highest BCUT2D eigenvalue weighted by molar-refractivity contribution is 6.04. The summed E-state index contributed by atoms with van der Waals surface area (Å²) in [6.45, 7) is 2.02. The second kappa shape index (κ2) is 6.68. The summed E-state index contributed by atoms with van der Waals surface area (Å²) in [7, 11) is 0. The maximum atomic E-state index is 13.7. The second-order valence-electron chi connectivity index (χ2n) is 6.52. The fourth-order valence-corrected chi connectivity index (χ4v) is 3.46. The van der Waals surface area contributed by atoms with Gasteiger partial charge >= 0.3 is 6.03 Å². The summed E-state index contributed by atoms with van der Waals surface area (Å²) in [5, 5.41) is 5.05. The number of urea groups is 1. The monoisotopic (exact) mass is 360 g/mol. The molecule has 1 unspecified atom stereocenters. The molecule has 0 aliphatic heterocycles. The quantitative estimate of drug-likeness (QED) is 0.714. The van der Waals surface area contributed by atoms with Gasteiger partial charge in [0.1, 0.15) is 5.82 Å². The highest BCUT2D eigenvalue weighted by atomic mass is 19.1.